The standard InChI is InChI=1S/C15H19F5N2O2P2S2/c1-25(2)15(26(3)4,8-6-5-7-21-8)28(23,24)22-27-14-12(19)10(17)9(16)11(18)13(14)20/h8,21-22H,1,3,5-7H2,2,4H3/q+2. The third-order valence-corrected chi connectivity index (χ3v) is 15.4. The zero-order valence-corrected chi connectivity index (χ0v) is 18.5. The van der Waals surface area contributed by atoms with Crippen LogP contribution in [-0.4, -0.2) is 51.2 Å². The molecule has 1 aliphatic heterocycles. The van der Waals surface area contributed by atoms with E-state index in [0.717, 1.165) is 6.42 Å². The van der Waals surface area contributed by atoms with E-state index < -0.39 is 69.4 Å². The number of nitrogens with one attached hydrogen (secondary N) is 2. The molecule has 13 heteroatoms. The average molecular weight is 480 g/mol. The third-order valence-electron chi connectivity index (χ3n) is 4.43. The first kappa shape index (κ1) is 23.7. The van der Waals surface area contributed by atoms with Crippen LogP contribution in [0.2, 0.25) is 0 Å². The van der Waals surface area contributed by atoms with E-state index in [4.69, 9.17) is 0 Å². The summed E-state index contributed by atoms with van der Waals surface area (Å²) in [5.41, 5.74) is 0. The summed E-state index contributed by atoms with van der Waals surface area (Å²) in [5, 5.41) is 3.12. The molecule has 2 N–H and O–H groups in total. The van der Waals surface area contributed by atoms with Crippen molar-refractivity contribution < 1.29 is 30.4 Å². The molecule has 1 aliphatic rings. The van der Waals surface area contributed by atoms with Crippen molar-refractivity contribution in [1.29, 1.82) is 0 Å². The molecule has 1 saturated heterocycles. The van der Waals surface area contributed by atoms with Crippen molar-refractivity contribution in [3.63, 3.8) is 0 Å². The van der Waals surface area contributed by atoms with Crippen molar-refractivity contribution in [2.24, 2.45) is 0 Å². The monoisotopic (exact) mass is 480 g/mol. The van der Waals surface area contributed by atoms with Crippen molar-refractivity contribution in [1.82, 2.24) is 9.44 Å². The van der Waals surface area contributed by atoms with Gasteiger partial charge in [-0.15, -0.1) is 4.13 Å². The predicted molar refractivity (Wildman–Crippen MR) is 108 cm³/mol. The van der Waals surface area contributed by atoms with Gasteiger partial charge in [0.15, 0.2) is 38.4 Å². The summed E-state index contributed by atoms with van der Waals surface area (Å²) in [4.78, 5) is -1.32. The van der Waals surface area contributed by atoms with E-state index in [-0.39, 0.29) is 11.9 Å². The van der Waals surface area contributed by atoms with Crippen LogP contribution in [0.4, 0.5) is 22.0 Å². The van der Waals surface area contributed by atoms with E-state index in [2.05, 4.69) is 17.9 Å². The second kappa shape index (κ2) is 8.66. The Kier molecular flexibility index (Phi) is 7.33. The maximum Gasteiger partial charge on any atom is 0.392 e. The fourth-order valence-electron chi connectivity index (χ4n) is 3.26. The summed E-state index contributed by atoms with van der Waals surface area (Å²) < 4.78 is 94.7. The summed E-state index contributed by atoms with van der Waals surface area (Å²) >= 11 is -0.159. The number of hydrogen-bond acceptors (Lipinski definition) is 4. The summed E-state index contributed by atoms with van der Waals surface area (Å²) in [6.45, 7) is 3.91. The van der Waals surface area contributed by atoms with Crippen LogP contribution in [-0.2, 0) is 10.0 Å². The highest BCUT2D eigenvalue weighted by Gasteiger charge is 2.68. The van der Waals surface area contributed by atoms with Gasteiger partial charge in [0.05, 0.1) is 12.6 Å². The maximum absolute atomic E-state index is 13.9. The molecular weight excluding hydrogens is 461 g/mol. The Labute approximate surface area is 166 Å². The van der Waals surface area contributed by atoms with Crippen LogP contribution in [0.5, 0.6) is 0 Å². The van der Waals surface area contributed by atoms with Gasteiger partial charge in [-0.25, -0.2) is 30.4 Å². The highest BCUT2D eigenvalue weighted by atomic mass is 32.3. The quantitative estimate of drug-likeness (QED) is 0.205. The lowest BCUT2D eigenvalue weighted by Crippen LogP contribution is -2.51. The molecule has 0 aliphatic carbocycles. The van der Waals surface area contributed by atoms with Crippen LogP contribution < -0.4 is 9.44 Å². The number of rotatable bonds is 7. The van der Waals surface area contributed by atoms with Gasteiger partial charge in [-0.05, 0) is 31.3 Å². The maximum atomic E-state index is 13.9. The Hall–Kier alpha value is -0.570. The molecule has 0 bridgehead atoms. The SMILES string of the molecule is C=[P+](C)C(C1CCCN1)([P+](=C)C)S(=O)(=O)NSc1c(F)c(F)c(F)c(F)c1F. The van der Waals surface area contributed by atoms with Crippen molar-refractivity contribution in [2.45, 2.75) is 28.0 Å². The minimum atomic E-state index is -4.32. The van der Waals surface area contributed by atoms with Crippen LogP contribution in [0, 0.1) is 29.1 Å². The first-order chi connectivity index (χ1) is 12.9. The molecule has 3 atom stereocenters. The van der Waals surface area contributed by atoms with Gasteiger partial charge in [-0.3, -0.25) is 0 Å². The molecule has 3 unspecified atom stereocenters. The fraction of sp³-hybridized carbons (Fsp3) is 0.467. The lowest BCUT2D eigenvalue weighted by molar-refractivity contribution is 0.361. The van der Waals surface area contributed by atoms with Gasteiger partial charge in [0.2, 0.25) is 5.82 Å². The van der Waals surface area contributed by atoms with Gasteiger partial charge in [0.1, 0.15) is 24.3 Å². The Balaban J connectivity index is 2.50. The molecule has 4 nitrogen and oxygen atoms in total. The Morgan fingerprint density at radius 2 is 1.50 bits per heavy atom. The molecule has 1 aromatic rings. The lowest BCUT2D eigenvalue weighted by atomic mass is 10.2. The van der Waals surface area contributed by atoms with Crippen molar-refractivity contribution >= 4 is 49.7 Å². The average Bonchev–Trinajstić information content (AvgIpc) is 3.12. The molecule has 1 fully saturated rings. The molecule has 2 rings (SSSR count). The second-order valence-corrected chi connectivity index (χ2v) is 14.4. The molecule has 28 heavy (non-hydrogen) atoms. The van der Waals surface area contributed by atoms with Gasteiger partial charge >= 0.3 is 14.3 Å². The first-order valence-corrected chi connectivity index (χ1v) is 14.2. The molecule has 0 saturated carbocycles. The largest absolute Gasteiger partial charge is 0.392 e. The van der Waals surface area contributed by atoms with Crippen molar-refractivity contribution in [3.8, 4) is 0 Å². The van der Waals surface area contributed by atoms with E-state index in [1.807, 2.05) is 4.13 Å². The first-order valence-electron chi connectivity index (χ1n) is 7.91. The van der Waals surface area contributed by atoms with E-state index in [9.17, 15) is 30.4 Å². The van der Waals surface area contributed by atoms with E-state index in [1.54, 1.807) is 13.3 Å². The fourth-order valence-corrected chi connectivity index (χ4v) is 13.2. The van der Waals surface area contributed by atoms with Crippen LogP contribution in [0.15, 0.2) is 4.90 Å². The Morgan fingerprint density at radius 1 is 1.04 bits per heavy atom. The third kappa shape index (κ3) is 3.77. The zero-order chi connectivity index (χ0) is 21.4. The lowest BCUT2D eigenvalue weighted by Gasteiger charge is -2.26. The molecule has 1 heterocycles. The molecule has 156 valence electrons. The Morgan fingerprint density at radius 3 is 1.89 bits per heavy atom. The number of halogens is 5. The van der Waals surface area contributed by atoms with E-state index in [1.165, 1.54) is 0 Å². The highest BCUT2D eigenvalue weighted by molar-refractivity contribution is 8.15. The smallest absolute Gasteiger partial charge is 0.305 e. The molecule has 1 aromatic carbocycles. The van der Waals surface area contributed by atoms with E-state index >= 15 is 0 Å². The van der Waals surface area contributed by atoms with Crippen LogP contribution in [0.25, 0.3) is 0 Å². The zero-order valence-electron chi connectivity index (χ0n) is 15.0. The number of benzene rings is 1. The molecule has 0 aromatic heterocycles. The van der Waals surface area contributed by atoms with Crippen LogP contribution in [0.3, 0.4) is 0 Å². The molecular formula is C15H19F5N2O2P2S2+2. The van der Waals surface area contributed by atoms with Gasteiger partial charge < -0.3 is 5.32 Å². The predicted octanol–water partition coefficient (Wildman–Crippen LogP) is 3.80. The normalized spacial score (nSPS) is 20.8. The van der Waals surface area contributed by atoms with Crippen LogP contribution in [0.1, 0.15) is 12.8 Å². The Bertz CT molecular complexity index is 894. The van der Waals surface area contributed by atoms with Gasteiger partial charge in [-0.2, -0.15) is 0 Å². The number of hydrogen-bond donors (Lipinski definition) is 2. The summed E-state index contributed by atoms with van der Waals surface area (Å²) in [6.07, 6.45) is 9.13. The summed E-state index contributed by atoms with van der Waals surface area (Å²) in [6, 6.07) is -0.482. The van der Waals surface area contributed by atoms with Crippen molar-refractivity contribution in [2.75, 3.05) is 19.9 Å². The van der Waals surface area contributed by atoms with Crippen LogP contribution >= 0.6 is 27.0 Å². The topological polar surface area (TPSA) is 58.2 Å². The second-order valence-electron chi connectivity index (χ2n) is 6.29. The van der Waals surface area contributed by atoms with Crippen molar-refractivity contribution in [3.05, 3.63) is 29.1 Å². The summed E-state index contributed by atoms with van der Waals surface area (Å²) in [5.74, 6) is -10.8. The number of sulfonamides is 1. The highest BCUT2D eigenvalue weighted by Crippen LogP contribution is 2.58. The molecule has 0 spiro atoms. The van der Waals surface area contributed by atoms with Gasteiger partial charge in [-0.1, -0.05) is 0 Å². The van der Waals surface area contributed by atoms with Gasteiger partial charge in [0.25, 0.3) is 0 Å². The molecule has 0 radical (unpaired) electrons. The minimum absolute atomic E-state index is 0.159. The summed E-state index contributed by atoms with van der Waals surface area (Å²) in [7, 11) is -7.13. The molecule has 0 amide bonds. The minimum Gasteiger partial charge on any atom is -0.305 e. The van der Waals surface area contributed by atoms with Gasteiger partial charge in [0, 0.05) is 0 Å². The van der Waals surface area contributed by atoms with E-state index in [0.29, 0.717) is 13.0 Å².